The van der Waals surface area contributed by atoms with Crippen LogP contribution in [-0.4, -0.2) is 53.2 Å². The van der Waals surface area contributed by atoms with Crippen LogP contribution in [0, 0.1) is 24.7 Å². The summed E-state index contributed by atoms with van der Waals surface area (Å²) in [7, 11) is 2.16. The zero-order chi connectivity index (χ0) is 14.4. The van der Waals surface area contributed by atoms with E-state index >= 15 is 0 Å². The number of hydrogen-bond acceptors (Lipinski definition) is 5. The molecule has 4 atom stereocenters. The summed E-state index contributed by atoms with van der Waals surface area (Å²) in [6.45, 7) is 6.45. The zero-order valence-electron chi connectivity index (χ0n) is 13.2. The molecule has 0 aromatic carbocycles. The smallest absolute Gasteiger partial charge is 0.245 e. The first-order valence-electron chi connectivity index (χ1n) is 8.42. The lowest BCUT2D eigenvalue weighted by atomic mass is 9.88. The monoisotopic (exact) mass is 290 g/mol. The molecule has 2 heterocycles. The highest BCUT2D eigenvalue weighted by Crippen LogP contribution is 2.51. The van der Waals surface area contributed by atoms with Crippen molar-refractivity contribution in [2.24, 2.45) is 17.8 Å². The summed E-state index contributed by atoms with van der Waals surface area (Å²) in [5, 5.41) is 3.95. The van der Waals surface area contributed by atoms with E-state index in [1.807, 2.05) is 6.92 Å². The largest absolute Gasteiger partial charge is 0.338 e. The molecule has 0 spiro atoms. The van der Waals surface area contributed by atoms with Crippen LogP contribution in [0.5, 0.6) is 0 Å². The second kappa shape index (κ2) is 5.36. The van der Waals surface area contributed by atoms with Gasteiger partial charge in [0, 0.05) is 26.2 Å². The lowest BCUT2D eigenvalue weighted by Crippen LogP contribution is -2.48. The van der Waals surface area contributed by atoms with Gasteiger partial charge in [-0.25, -0.2) is 0 Å². The van der Waals surface area contributed by atoms with E-state index in [0.717, 1.165) is 42.6 Å². The van der Waals surface area contributed by atoms with Gasteiger partial charge in [0.1, 0.15) is 6.04 Å². The lowest BCUT2D eigenvalue weighted by Gasteiger charge is -2.39. The third-order valence-electron chi connectivity index (χ3n) is 5.73. The van der Waals surface area contributed by atoms with E-state index < -0.39 is 0 Å². The van der Waals surface area contributed by atoms with E-state index in [4.69, 9.17) is 4.52 Å². The Labute approximate surface area is 126 Å². The van der Waals surface area contributed by atoms with Gasteiger partial charge in [-0.15, -0.1) is 0 Å². The molecule has 2 aliphatic carbocycles. The lowest BCUT2D eigenvalue weighted by molar-refractivity contribution is 0.0609. The molecule has 3 fully saturated rings. The van der Waals surface area contributed by atoms with E-state index in [-0.39, 0.29) is 6.04 Å². The SMILES string of the molecule is Cc1noc(C2CN(CC3CCC4CC4C3)CCN2C)n1. The summed E-state index contributed by atoms with van der Waals surface area (Å²) in [6, 6.07) is 0.261. The number of likely N-dealkylation sites (N-methyl/N-ethyl adjacent to an activating group) is 1. The predicted molar refractivity (Wildman–Crippen MR) is 79.8 cm³/mol. The third-order valence-corrected chi connectivity index (χ3v) is 5.73. The Kier molecular flexibility index (Phi) is 3.50. The molecule has 116 valence electrons. The summed E-state index contributed by atoms with van der Waals surface area (Å²) < 4.78 is 5.41. The molecule has 2 saturated carbocycles. The summed E-state index contributed by atoms with van der Waals surface area (Å²) >= 11 is 0. The van der Waals surface area contributed by atoms with Crippen LogP contribution in [0.4, 0.5) is 0 Å². The molecule has 0 bridgehead atoms. The van der Waals surface area contributed by atoms with Crippen molar-refractivity contribution in [3.8, 4) is 0 Å². The van der Waals surface area contributed by atoms with E-state index in [1.165, 1.54) is 38.8 Å². The summed E-state index contributed by atoms with van der Waals surface area (Å²) in [6.07, 6.45) is 5.91. The molecule has 1 aromatic rings. The molecule has 5 nitrogen and oxygen atoms in total. The van der Waals surface area contributed by atoms with Gasteiger partial charge in [0.2, 0.25) is 5.89 Å². The second-order valence-electron chi connectivity index (χ2n) is 7.37. The Bertz CT molecular complexity index is 502. The van der Waals surface area contributed by atoms with Gasteiger partial charge in [0.05, 0.1) is 0 Å². The van der Waals surface area contributed by atoms with Crippen LogP contribution >= 0.6 is 0 Å². The average Bonchev–Trinajstić information content (AvgIpc) is 3.12. The molecule has 1 saturated heterocycles. The van der Waals surface area contributed by atoms with Crippen LogP contribution in [-0.2, 0) is 0 Å². The third kappa shape index (κ3) is 2.86. The fourth-order valence-electron chi connectivity index (χ4n) is 4.29. The van der Waals surface area contributed by atoms with Crippen molar-refractivity contribution in [3.63, 3.8) is 0 Å². The molecule has 0 amide bonds. The van der Waals surface area contributed by atoms with Gasteiger partial charge in [0.15, 0.2) is 5.82 Å². The van der Waals surface area contributed by atoms with Crippen LogP contribution in [0.3, 0.4) is 0 Å². The van der Waals surface area contributed by atoms with E-state index in [2.05, 4.69) is 27.0 Å². The maximum absolute atomic E-state index is 5.41. The fraction of sp³-hybridized carbons (Fsp3) is 0.875. The minimum atomic E-state index is 0.261. The molecule has 4 unspecified atom stereocenters. The molecule has 0 N–H and O–H groups in total. The Morgan fingerprint density at radius 1 is 1.19 bits per heavy atom. The first-order valence-corrected chi connectivity index (χ1v) is 8.42. The Hall–Kier alpha value is -0.940. The maximum atomic E-state index is 5.41. The summed E-state index contributed by atoms with van der Waals surface area (Å²) in [4.78, 5) is 9.41. The molecular weight excluding hydrogens is 264 g/mol. The van der Waals surface area contributed by atoms with Gasteiger partial charge >= 0.3 is 0 Å². The Morgan fingerprint density at radius 2 is 2.10 bits per heavy atom. The predicted octanol–water partition coefficient (Wildman–Crippen LogP) is 2.10. The summed E-state index contributed by atoms with van der Waals surface area (Å²) in [5.41, 5.74) is 0. The van der Waals surface area contributed by atoms with Gasteiger partial charge in [-0.3, -0.25) is 9.80 Å². The van der Waals surface area contributed by atoms with Gasteiger partial charge < -0.3 is 4.52 Å². The molecular formula is C16H26N4O. The number of aryl methyl sites for hydroxylation is 1. The second-order valence-corrected chi connectivity index (χ2v) is 7.37. The first kappa shape index (κ1) is 13.7. The Morgan fingerprint density at radius 3 is 2.86 bits per heavy atom. The highest BCUT2D eigenvalue weighted by molar-refractivity contribution is 4.97. The number of aromatic nitrogens is 2. The zero-order valence-corrected chi connectivity index (χ0v) is 13.2. The first-order chi connectivity index (χ1) is 10.2. The average molecular weight is 290 g/mol. The molecule has 1 aliphatic heterocycles. The summed E-state index contributed by atoms with van der Waals surface area (Å²) in [5.74, 6) is 4.61. The molecule has 1 aromatic heterocycles. The van der Waals surface area contributed by atoms with E-state index in [0.29, 0.717) is 0 Å². The van der Waals surface area contributed by atoms with Crippen LogP contribution in [0.1, 0.15) is 43.4 Å². The highest BCUT2D eigenvalue weighted by Gasteiger charge is 2.42. The normalized spacial score (nSPS) is 37.4. The van der Waals surface area contributed by atoms with Crippen molar-refractivity contribution in [1.29, 1.82) is 0 Å². The minimum Gasteiger partial charge on any atom is -0.338 e. The van der Waals surface area contributed by atoms with Gasteiger partial charge in [0.25, 0.3) is 0 Å². The van der Waals surface area contributed by atoms with Gasteiger partial charge in [-0.1, -0.05) is 5.16 Å². The van der Waals surface area contributed by atoms with Crippen molar-refractivity contribution < 1.29 is 4.52 Å². The molecule has 3 aliphatic rings. The van der Waals surface area contributed by atoms with Crippen molar-refractivity contribution in [3.05, 3.63) is 11.7 Å². The molecule has 4 rings (SSSR count). The van der Waals surface area contributed by atoms with Crippen molar-refractivity contribution in [2.45, 2.75) is 38.6 Å². The highest BCUT2D eigenvalue weighted by atomic mass is 16.5. The number of fused-ring (bicyclic) bond motifs is 1. The Balaban J connectivity index is 1.38. The van der Waals surface area contributed by atoms with Crippen LogP contribution in [0.15, 0.2) is 4.52 Å². The van der Waals surface area contributed by atoms with Crippen LogP contribution in [0.25, 0.3) is 0 Å². The van der Waals surface area contributed by atoms with Crippen molar-refractivity contribution in [2.75, 3.05) is 33.2 Å². The van der Waals surface area contributed by atoms with E-state index in [1.54, 1.807) is 0 Å². The standard InChI is InChI=1S/C16H26N4O/c1-11-17-16(21-18-11)15-10-20(6-5-19(15)2)9-12-3-4-13-8-14(13)7-12/h12-15H,3-10H2,1-2H3. The van der Waals surface area contributed by atoms with Crippen molar-refractivity contribution >= 4 is 0 Å². The van der Waals surface area contributed by atoms with Crippen molar-refractivity contribution in [1.82, 2.24) is 19.9 Å². The maximum Gasteiger partial charge on any atom is 0.245 e. The van der Waals surface area contributed by atoms with Gasteiger partial charge in [-0.05, 0) is 57.4 Å². The quantitative estimate of drug-likeness (QED) is 0.853. The van der Waals surface area contributed by atoms with E-state index in [9.17, 15) is 0 Å². The number of nitrogens with zero attached hydrogens (tertiary/aromatic N) is 4. The number of piperazine rings is 1. The fourth-order valence-corrected chi connectivity index (χ4v) is 4.29. The molecule has 21 heavy (non-hydrogen) atoms. The van der Waals surface area contributed by atoms with Crippen LogP contribution in [0.2, 0.25) is 0 Å². The number of rotatable bonds is 3. The topological polar surface area (TPSA) is 45.4 Å². The minimum absolute atomic E-state index is 0.261. The van der Waals surface area contributed by atoms with Crippen LogP contribution < -0.4 is 0 Å². The molecule has 0 radical (unpaired) electrons. The number of hydrogen-bond donors (Lipinski definition) is 0. The molecule has 5 heteroatoms. The van der Waals surface area contributed by atoms with Gasteiger partial charge in [-0.2, -0.15) is 4.98 Å².